The van der Waals surface area contributed by atoms with Crippen LogP contribution in [0.4, 0.5) is 0 Å². The molecule has 0 amide bonds. The molecule has 0 aromatic heterocycles. The van der Waals surface area contributed by atoms with Crippen molar-refractivity contribution in [2.45, 2.75) is 38.8 Å². The number of hydrazone groups is 1. The standard InChI is InChI=1S/C37H35N2P/c1-28-15-9-12-22-35(28)40(36-23-13-10-16-29(36)2)37-24-14-11-21-32(37)27-38-39-33(30-17-5-3-6-18-30)25-26-34(39)31-19-7-4-8-20-31/h3-24,27,33-34H,25-26H2,1-2H3/b38-27+/t33-,34-/m0/s1. The summed E-state index contributed by atoms with van der Waals surface area (Å²) in [6, 6.07) is 48.8. The molecular weight excluding hydrogens is 503 g/mol. The first-order valence-corrected chi connectivity index (χ1v) is 15.5. The molecule has 3 heteroatoms. The minimum absolute atomic E-state index is 0.254. The van der Waals surface area contributed by atoms with E-state index in [4.69, 9.17) is 5.10 Å². The fourth-order valence-electron chi connectivity index (χ4n) is 5.89. The molecule has 2 nitrogen and oxygen atoms in total. The van der Waals surface area contributed by atoms with Crippen LogP contribution in [0.5, 0.6) is 0 Å². The van der Waals surface area contributed by atoms with Gasteiger partial charge in [-0.3, -0.25) is 5.01 Å². The van der Waals surface area contributed by atoms with Crippen LogP contribution in [0, 0.1) is 13.8 Å². The Labute approximate surface area is 239 Å². The Morgan fingerprint density at radius 3 is 1.48 bits per heavy atom. The van der Waals surface area contributed by atoms with Crippen LogP contribution >= 0.6 is 7.92 Å². The third kappa shape index (κ3) is 5.37. The average molecular weight is 539 g/mol. The molecule has 0 N–H and O–H groups in total. The number of aryl methyl sites for hydroxylation is 2. The molecule has 0 saturated carbocycles. The summed E-state index contributed by atoms with van der Waals surface area (Å²) in [5.41, 5.74) is 6.50. The lowest BCUT2D eigenvalue weighted by Gasteiger charge is -2.29. The zero-order valence-corrected chi connectivity index (χ0v) is 24.1. The van der Waals surface area contributed by atoms with Crippen molar-refractivity contribution in [3.05, 3.63) is 161 Å². The highest BCUT2D eigenvalue weighted by Gasteiger charge is 2.34. The maximum atomic E-state index is 5.30. The summed E-state index contributed by atoms with van der Waals surface area (Å²) >= 11 is 0. The minimum Gasteiger partial charge on any atom is -0.282 e. The topological polar surface area (TPSA) is 15.6 Å². The highest BCUT2D eigenvalue weighted by molar-refractivity contribution is 7.80. The lowest BCUT2D eigenvalue weighted by molar-refractivity contribution is 0.206. The molecule has 0 bridgehead atoms. The molecule has 5 aromatic rings. The summed E-state index contributed by atoms with van der Waals surface area (Å²) in [4.78, 5) is 0. The summed E-state index contributed by atoms with van der Waals surface area (Å²) < 4.78 is 0. The smallest absolute Gasteiger partial charge is 0.0728 e. The minimum atomic E-state index is -0.752. The molecule has 198 valence electrons. The van der Waals surface area contributed by atoms with E-state index in [1.54, 1.807) is 0 Å². The van der Waals surface area contributed by atoms with Crippen molar-refractivity contribution in [2.75, 3.05) is 0 Å². The third-order valence-electron chi connectivity index (χ3n) is 7.94. The van der Waals surface area contributed by atoms with Crippen molar-refractivity contribution >= 4 is 30.0 Å². The van der Waals surface area contributed by atoms with E-state index in [1.165, 1.54) is 43.7 Å². The first kappa shape index (κ1) is 26.2. The van der Waals surface area contributed by atoms with Gasteiger partial charge in [0.15, 0.2) is 0 Å². The molecule has 1 aliphatic rings. The maximum Gasteiger partial charge on any atom is 0.0728 e. The van der Waals surface area contributed by atoms with Crippen LogP contribution < -0.4 is 15.9 Å². The van der Waals surface area contributed by atoms with E-state index in [0.29, 0.717) is 0 Å². The summed E-state index contributed by atoms with van der Waals surface area (Å²) in [5.74, 6) is 0. The van der Waals surface area contributed by atoms with Crippen LogP contribution in [0.25, 0.3) is 0 Å². The van der Waals surface area contributed by atoms with Gasteiger partial charge in [0.25, 0.3) is 0 Å². The lowest BCUT2D eigenvalue weighted by atomic mass is 10.0. The second kappa shape index (κ2) is 12.0. The van der Waals surface area contributed by atoms with Gasteiger partial charge in [0.05, 0.1) is 18.3 Å². The Morgan fingerprint density at radius 1 is 0.550 bits per heavy atom. The van der Waals surface area contributed by atoms with Crippen LogP contribution in [0.1, 0.15) is 52.7 Å². The Kier molecular flexibility index (Phi) is 7.89. The number of hydrogen-bond donors (Lipinski definition) is 0. The van der Waals surface area contributed by atoms with Crippen molar-refractivity contribution in [3.63, 3.8) is 0 Å². The fraction of sp³-hybridized carbons (Fsp3) is 0.162. The molecule has 5 aromatic carbocycles. The second-order valence-electron chi connectivity index (χ2n) is 10.5. The van der Waals surface area contributed by atoms with Crippen molar-refractivity contribution in [1.82, 2.24) is 5.01 Å². The fourth-order valence-corrected chi connectivity index (χ4v) is 8.62. The van der Waals surface area contributed by atoms with Crippen LogP contribution in [0.2, 0.25) is 0 Å². The number of hydrogen-bond acceptors (Lipinski definition) is 2. The van der Waals surface area contributed by atoms with Crippen molar-refractivity contribution in [1.29, 1.82) is 0 Å². The Balaban J connectivity index is 1.44. The molecule has 2 atom stereocenters. The molecule has 0 radical (unpaired) electrons. The predicted octanol–water partition coefficient (Wildman–Crippen LogP) is 7.97. The normalized spacial score (nSPS) is 17.1. The first-order chi connectivity index (χ1) is 19.7. The first-order valence-electron chi connectivity index (χ1n) is 14.1. The largest absolute Gasteiger partial charge is 0.282 e. The van der Waals surface area contributed by atoms with E-state index >= 15 is 0 Å². The summed E-state index contributed by atoms with van der Waals surface area (Å²) in [6.07, 6.45) is 4.29. The molecule has 0 spiro atoms. The van der Waals surface area contributed by atoms with Crippen LogP contribution in [-0.2, 0) is 0 Å². The predicted molar refractivity (Wildman–Crippen MR) is 172 cm³/mol. The molecule has 0 unspecified atom stereocenters. The second-order valence-corrected chi connectivity index (χ2v) is 12.6. The van der Waals surface area contributed by atoms with Crippen molar-refractivity contribution in [3.8, 4) is 0 Å². The van der Waals surface area contributed by atoms with Gasteiger partial charge >= 0.3 is 0 Å². The molecule has 0 aliphatic carbocycles. The maximum absolute atomic E-state index is 5.30. The van der Waals surface area contributed by atoms with Crippen molar-refractivity contribution < 1.29 is 0 Å². The van der Waals surface area contributed by atoms with Gasteiger partial charge in [0, 0.05) is 5.56 Å². The number of rotatable bonds is 7. The highest BCUT2D eigenvalue weighted by Crippen LogP contribution is 2.44. The van der Waals surface area contributed by atoms with E-state index in [1.807, 2.05) is 0 Å². The Morgan fingerprint density at radius 2 is 0.975 bits per heavy atom. The number of benzene rings is 5. The van der Waals surface area contributed by atoms with Crippen molar-refractivity contribution in [2.24, 2.45) is 5.10 Å². The average Bonchev–Trinajstić information content (AvgIpc) is 3.43. The van der Waals surface area contributed by atoms with E-state index in [0.717, 1.165) is 12.8 Å². The van der Waals surface area contributed by atoms with Gasteiger partial charge in [0.2, 0.25) is 0 Å². The van der Waals surface area contributed by atoms with Gasteiger partial charge in [-0.25, -0.2) is 0 Å². The van der Waals surface area contributed by atoms with Gasteiger partial charge in [-0.1, -0.05) is 133 Å². The monoisotopic (exact) mass is 538 g/mol. The molecule has 1 heterocycles. The molecular formula is C37H35N2P. The quantitative estimate of drug-likeness (QED) is 0.152. The van der Waals surface area contributed by atoms with E-state index in [9.17, 15) is 0 Å². The summed E-state index contributed by atoms with van der Waals surface area (Å²) in [7, 11) is -0.752. The zero-order chi connectivity index (χ0) is 27.3. The van der Waals surface area contributed by atoms with Gasteiger partial charge in [0.1, 0.15) is 0 Å². The third-order valence-corrected chi connectivity index (χ3v) is 10.8. The van der Waals surface area contributed by atoms with E-state index in [2.05, 4.69) is 159 Å². The van der Waals surface area contributed by atoms with Gasteiger partial charge in [-0.2, -0.15) is 5.10 Å². The lowest BCUT2D eigenvalue weighted by Crippen LogP contribution is -2.26. The van der Waals surface area contributed by atoms with Crippen LogP contribution in [-0.4, -0.2) is 11.2 Å². The molecule has 1 fully saturated rings. The summed E-state index contributed by atoms with van der Waals surface area (Å²) in [5, 5.41) is 11.8. The highest BCUT2D eigenvalue weighted by atomic mass is 31.1. The number of nitrogens with zero attached hydrogens (tertiary/aromatic N) is 2. The SMILES string of the molecule is Cc1ccccc1P(c1ccccc1C)c1ccccc1/C=N/N1[C@H](c2ccccc2)CC[C@H]1c1ccccc1. The van der Waals surface area contributed by atoms with Gasteiger partial charge in [-0.05, 0) is 72.8 Å². The van der Waals surface area contributed by atoms with Gasteiger partial charge < -0.3 is 0 Å². The van der Waals surface area contributed by atoms with E-state index in [-0.39, 0.29) is 12.1 Å². The zero-order valence-electron chi connectivity index (χ0n) is 23.2. The molecule has 6 rings (SSSR count). The van der Waals surface area contributed by atoms with E-state index < -0.39 is 7.92 Å². The Hall–Kier alpha value is -4.00. The van der Waals surface area contributed by atoms with Crippen LogP contribution in [0.3, 0.4) is 0 Å². The molecule has 40 heavy (non-hydrogen) atoms. The summed E-state index contributed by atoms with van der Waals surface area (Å²) in [6.45, 7) is 4.47. The van der Waals surface area contributed by atoms with Gasteiger partial charge in [-0.15, -0.1) is 0 Å². The molecule has 1 saturated heterocycles. The Bertz CT molecular complexity index is 1500. The molecule has 1 aliphatic heterocycles. The van der Waals surface area contributed by atoms with Crippen LogP contribution in [0.15, 0.2) is 139 Å².